The summed E-state index contributed by atoms with van der Waals surface area (Å²) in [4.78, 5) is 111. The second-order valence-electron chi connectivity index (χ2n) is 21.5. The molecule has 0 aliphatic heterocycles. The van der Waals surface area contributed by atoms with Crippen LogP contribution in [0.3, 0.4) is 0 Å². The van der Waals surface area contributed by atoms with E-state index in [1.165, 1.54) is 0 Å². The minimum Gasteiger partial charge on any atom is -0.411 e. The molecule has 0 saturated carbocycles. The Morgan fingerprint density at radius 2 is 0.788 bits per heavy atom. The molecule has 0 heterocycles. The number of ether oxygens (including phenoxy) is 4. The second-order valence-corrected chi connectivity index (χ2v) is 21.5. The van der Waals surface area contributed by atoms with Crippen molar-refractivity contribution in [1.82, 2.24) is 58.5 Å². The van der Waals surface area contributed by atoms with Crippen molar-refractivity contribution in [3.05, 3.63) is 0 Å². The average Bonchev–Trinajstić information content (AvgIpc) is 3.58. The third-order valence-electron chi connectivity index (χ3n) is 13.8. The Morgan fingerprint density at radius 1 is 0.435 bits per heavy atom. The Hall–Kier alpha value is -6.15. The highest BCUT2D eigenvalue weighted by molar-refractivity contribution is 5.91. The molecule has 0 aromatic heterocycles. The van der Waals surface area contributed by atoms with Crippen LogP contribution < -0.4 is 70.0 Å². The number of carbonyl (C=O) groups is 9. The van der Waals surface area contributed by atoms with Crippen molar-refractivity contribution in [3.8, 4) is 0 Å². The van der Waals surface area contributed by atoms with Crippen molar-refractivity contribution in [1.29, 1.82) is 0 Å². The number of oxime groups is 2. The Labute approximate surface area is 501 Å². The largest absolute Gasteiger partial charge is 0.411 e. The Kier molecular flexibility index (Phi) is 44.5. The number of nitrogens with zero attached hydrogens (tertiary/aromatic N) is 2. The monoisotopic (exact) mass is 1220 g/mol. The Bertz CT molecular complexity index is 2000. The first-order valence-electron chi connectivity index (χ1n) is 29.5. The van der Waals surface area contributed by atoms with Crippen LogP contribution in [0.25, 0.3) is 0 Å². The van der Waals surface area contributed by atoms with E-state index in [-0.39, 0.29) is 152 Å². The summed E-state index contributed by atoms with van der Waals surface area (Å²) >= 11 is 0. The maximum Gasteiger partial charge on any atom is 0.246 e. The summed E-state index contributed by atoms with van der Waals surface area (Å²) in [7, 11) is 3.31. The summed E-state index contributed by atoms with van der Waals surface area (Å²) in [5.41, 5.74) is 10.3. The van der Waals surface area contributed by atoms with Gasteiger partial charge in [0, 0.05) is 71.5 Å². The summed E-state index contributed by atoms with van der Waals surface area (Å²) in [6, 6.07) is -2.17. The smallest absolute Gasteiger partial charge is 0.246 e. The highest BCUT2D eigenvalue weighted by Gasteiger charge is 2.27. The van der Waals surface area contributed by atoms with Gasteiger partial charge in [-0.25, -0.2) is 0 Å². The van der Waals surface area contributed by atoms with Gasteiger partial charge in [0.15, 0.2) is 0 Å². The number of primary amides is 2. The summed E-state index contributed by atoms with van der Waals surface area (Å²) < 4.78 is 21.5. The molecule has 0 aliphatic carbocycles. The first kappa shape index (κ1) is 78.8. The molecule has 85 heavy (non-hydrogen) atoms. The van der Waals surface area contributed by atoms with Crippen molar-refractivity contribution in [2.24, 2.45) is 21.8 Å². The van der Waals surface area contributed by atoms with Crippen LogP contribution in [0.15, 0.2) is 10.3 Å². The highest BCUT2D eigenvalue weighted by Crippen LogP contribution is 2.10. The summed E-state index contributed by atoms with van der Waals surface area (Å²) in [6.07, 6.45) is 5.68. The van der Waals surface area contributed by atoms with Crippen LogP contribution in [-0.2, 0) is 62.1 Å². The molecule has 0 aromatic rings. The van der Waals surface area contributed by atoms with Gasteiger partial charge >= 0.3 is 0 Å². The lowest BCUT2D eigenvalue weighted by atomic mass is 9.98. The fourth-order valence-electron chi connectivity index (χ4n) is 7.73. The lowest BCUT2D eigenvalue weighted by Crippen LogP contribution is -2.57. The number of nitrogens with one attached hydrogen (secondary N) is 11. The standard InChI is InChI=1S/C55H105N15O15/c1-39(69-80)54(3,4)65-35-41(36-66-55(5,6)40(2)70-81)67-47(73)22-15-20-45(71)60-24-13-11-19-44(53(79)64-26-14-10-18-43(59-8)52(57)78)68-48(74)23-16-21-46(72)62-27-29-82-31-34-85-38-50(76)63-28-30-83-32-33-84-37-49(75)61-25-12-9-17-42(58-7)51(56)77/h41-44,58-59,65-66,80-81H,9-38H2,1-8H3,(H2,56,77)(H2,57,78)(H,60,71)(H,61,75)(H,62,72)(H,63,76)(H,64,79)(H,67,73)(H,68,74)/b69-39+,70-40+/t42-,43-,44-/m0/s1. The molecule has 0 bridgehead atoms. The van der Waals surface area contributed by atoms with E-state index in [2.05, 4.69) is 68.8 Å². The number of nitrogens with two attached hydrogens (primary N) is 2. The second kappa shape index (κ2) is 48.0. The molecule has 0 aliphatic rings. The fourth-order valence-corrected chi connectivity index (χ4v) is 7.73. The predicted molar refractivity (Wildman–Crippen MR) is 319 cm³/mol. The first-order chi connectivity index (χ1) is 40.4. The van der Waals surface area contributed by atoms with Gasteiger partial charge in [-0.2, -0.15) is 0 Å². The topological polar surface area (TPSA) is 440 Å². The summed E-state index contributed by atoms with van der Waals surface area (Å²) in [6.45, 7) is 13.8. The third-order valence-corrected chi connectivity index (χ3v) is 13.8. The molecule has 17 N–H and O–H groups in total. The van der Waals surface area contributed by atoms with E-state index in [9.17, 15) is 53.6 Å². The molecule has 0 rings (SSSR count). The molecule has 0 saturated heterocycles. The van der Waals surface area contributed by atoms with Crippen molar-refractivity contribution in [3.63, 3.8) is 0 Å². The third kappa shape index (κ3) is 41.5. The number of hydrogen-bond acceptors (Lipinski definition) is 21. The van der Waals surface area contributed by atoms with Gasteiger partial charge in [-0.3, -0.25) is 43.2 Å². The molecule has 30 heteroatoms. The molecular weight excluding hydrogens is 1110 g/mol. The van der Waals surface area contributed by atoms with Gasteiger partial charge in [-0.05, 0) is 126 Å². The lowest BCUT2D eigenvalue weighted by molar-refractivity contribution is -0.129. The van der Waals surface area contributed by atoms with Gasteiger partial charge < -0.3 is 99.3 Å². The minimum absolute atomic E-state index is 0.0121. The van der Waals surface area contributed by atoms with E-state index in [1.54, 1.807) is 27.9 Å². The minimum atomic E-state index is -0.879. The van der Waals surface area contributed by atoms with Crippen molar-refractivity contribution in [2.75, 3.05) is 113 Å². The van der Waals surface area contributed by atoms with Gasteiger partial charge in [-0.1, -0.05) is 10.3 Å². The van der Waals surface area contributed by atoms with E-state index in [0.717, 1.165) is 6.42 Å². The predicted octanol–water partition coefficient (Wildman–Crippen LogP) is -1.96. The van der Waals surface area contributed by atoms with Gasteiger partial charge in [0.1, 0.15) is 19.3 Å². The maximum atomic E-state index is 13.3. The zero-order valence-electron chi connectivity index (χ0n) is 51.8. The number of rotatable bonds is 54. The quantitative estimate of drug-likeness (QED) is 0.0136. The van der Waals surface area contributed by atoms with Crippen LogP contribution in [0.2, 0.25) is 0 Å². The summed E-state index contributed by atoms with van der Waals surface area (Å²) in [5.74, 6) is -3.07. The summed E-state index contributed by atoms with van der Waals surface area (Å²) in [5, 5.41) is 57.1. The molecular formula is C55H105N15O15. The maximum absolute atomic E-state index is 13.3. The molecule has 3 atom stereocenters. The first-order valence-corrected chi connectivity index (χ1v) is 29.5. The number of amides is 9. The zero-order valence-corrected chi connectivity index (χ0v) is 51.8. The normalized spacial score (nSPS) is 13.1. The van der Waals surface area contributed by atoms with Crippen molar-refractivity contribution >= 4 is 64.6 Å². The van der Waals surface area contributed by atoms with Crippen LogP contribution in [-0.4, -0.2) is 223 Å². The number of hydrogen-bond donors (Lipinski definition) is 15. The lowest BCUT2D eigenvalue weighted by Gasteiger charge is -2.32. The molecule has 0 spiro atoms. The van der Waals surface area contributed by atoms with Crippen LogP contribution >= 0.6 is 0 Å². The van der Waals surface area contributed by atoms with E-state index < -0.39 is 46.9 Å². The van der Waals surface area contributed by atoms with Crippen LogP contribution in [0, 0.1) is 0 Å². The zero-order chi connectivity index (χ0) is 63.9. The van der Waals surface area contributed by atoms with Crippen LogP contribution in [0.1, 0.15) is 138 Å². The van der Waals surface area contributed by atoms with E-state index >= 15 is 0 Å². The molecule has 9 amide bonds. The number of carbonyl (C=O) groups excluding carboxylic acids is 9. The molecule has 490 valence electrons. The Morgan fingerprint density at radius 3 is 1.20 bits per heavy atom. The van der Waals surface area contributed by atoms with E-state index in [4.69, 9.17) is 30.4 Å². The molecule has 0 fully saturated rings. The SMILES string of the molecule is CN[C@@H](CCCCNC(=O)COCCOCCNC(=O)COCCOCCNC(=O)CCCC(=O)N[C@@H](CCCCNC(=O)CCCC(=O)NC(CNC(C)(C)/C(C)=N/O)CNC(C)(C)/C(C)=N/O)C(=O)NCCCC[C@H](NC)C(N)=O)C(N)=O. The Balaban J connectivity index is 4.65. The van der Waals surface area contributed by atoms with Crippen LogP contribution in [0.4, 0.5) is 0 Å². The van der Waals surface area contributed by atoms with Crippen molar-refractivity contribution in [2.45, 2.75) is 173 Å². The fraction of sp³-hybridized carbons (Fsp3) is 0.800. The molecule has 0 unspecified atom stereocenters. The van der Waals surface area contributed by atoms with Gasteiger partial charge in [-0.15, -0.1) is 0 Å². The highest BCUT2D eigenvalue weighted by atomic mass is 16.5. The number of likely N-dealkylation sites (N-methyl/N-ethyl adjacent to an activating group) is 2. The van der Waals surface area contributed by atoms with E-state index in [1.807, 2.05) is 27.7 Å². The molecule has 0 aromatic carbocycles. The van der Waals surface area contributed by atoms with Gasteiger partial charge in [0.2, 0.25) is 53.2 Å². The van der Waals surface area contributed by atoms with Crippen molar-refractivity contribution < 1.29 is 72.5 Å². The molecule has 30 nitrogen and oxygen atoms in total. The van der Waals surface area contributed by atoms with Crippen LogP contribution in [0.5, 0.6) is 0 Å². The molecule has 0 radical (unpaired) electrons. The van der Waals surface area contributed by atoms with Gasteiger partial charge in [0.05, 0.1) is 80.3 Å². The van der Waals surface area contributed by atoms with Gasteiger partial charge in [0.25, 0.3) is 0 Å². The van der Waals surface area contributed by atoms with E-state index in [0.29, 0.717) is 89.1 Å². The number of unbranched alkanes of at least 4 members (excludes halogenated alkanes) is 3. The average molecular weight is 1220 g/mol.